The Morgan fingerprint density at radius 1 is 1.75 bits per heavy atom. The van der Waals surface area contributed by atoms with E-state index in [0.717, 1.165) is 5.84 Å². The van der Waals surface area contributed by atoms with Gasteiger partial charge in [-0.1, -0.05) is 0 Å². The van der Waals surface area contributed by atoms with Crippen molar-refractivity contribution in [3.05, 3.63) is 6.20 Å². The van der Waals surface area contributed by atoms with Gasteiger partial charge in [-0.25, -0.2) is 0 Å². The standard InChI is InChI=1S/C5H7N3/c1-5-7-6-3-4-8(5)2/h4H,1-2H3. The zero-order chi connectivity index (χ0) is 5.98. The molecule has 0 aromatic carbocycles. The average molecular weight is 109 g/mol. The summed E-state index contributed by atoms with van der Waals surface area (Å²) in [7, 11) is 1.90. The van der Waals surface area contributed by atoms with Crippen molar-refractivity contribution in [1.29, 1.82) is 0 Å². The van der Waals surface area contributed by atoms with Gasteiger partial charge in [0.05, 0.1) is 6.20 Å². The third kappa shape index (κ3) is 0.768. The smallest absolute Gasteiger partial charge is 0.129 e. The van der Waals surface area contributed by atoms with Crippen molar-refractivity contribution in [2.45, 2.75) is 6.92 Å². The highest BCUT2D eigenvalue weighted by atomic mass is 15.3. The number of amidine groups is 1. The number of nitrogens with zero attached hydrogens (tertiary/aromatic N) is 3. The zero-order valence-electron chi connectivity index (χ0n) is 4.92. The average Bonchev–Trinajstić information content (AvgIpc) is 1.77. The minimum absolute atomic E-state index is 0.892. The normalized spacial score (nSPS) is 16.8. The summed E-state index contributed by atoms with van der Waals surface area (Å²) in [5, 5.41) is 7.29. The Morgan fingerprint density at radius 3 is 2.88 bits per heavy atom. The van der Waals surface area contributed by atoms with Crippen molar-refractivity contribution in [2.24, 2.45) is 10.2 Å². The summed E-state index contributed by atoms with van der Waals surface area (Å²) >= 11 is 0. The molecule has 0 aromatic heterocycles. The number of hydrogen-bond acceptors (Lipinski definition) is 3. The third-order valence-corrected chi connectivity index (χ3v) is 1.01. The molecule has 0 atom stereocenters. The number of rotatable bonds is 0. The van der Waals surface area contributed by atoms with E-state index < -0.39 is 0 Å². The third-order valence-electron chi connectivity index (χ3n) is 1.01. The molecule has 3 nitrogen and oxygen atoms in total. The maximum atomic E-state index is 3.74. The van der Waals surface area contributed by atoms with Gasteiger partial charge in [-0.15, -0.1) is 10.2 Å². The van der Waals surface area contributed by atoms with E-state index in [-0.39, 0.29) is 0 Å². The molecule has 0 unspecified atom stereocenters. The fraction of sp³-hybridized carbons (Fsp3) is 0.400. The zero-order valence-corrected chi connectivity index (χ0v) is 4.92. The van der Waals surface area contributed by atoms with E-state index >= 15 is 0 Å². The molecule has 0 radical (unpaired) electrons. The van der Waals surface area contributed by atoms with Gasteiger partial charge in [-0.3, -0.25) is 0 Å². The summed E-state index contributed by atoms with van der Waals surface area (Å²) in [5.74, 6) is 3.50. The van der Waals surface area contributed by atoms with E-state index in [1.807, 2.05) is 18.9 Å². The van der Waals surface area contributed by atoms with E-state index in [1.165, 1.54) is 0 Å². The molecule has 0 bridgehead atoms. The molecule has 0 saturated carbocycles. The Labute approximate surface area is 48.0 Å². The SMILES string of the molecule is CC1=NN=C=CN1C. The van der Waals surface area contributed by atoms with Crippen LogP contribution in [0.1, 0.15) is 6.92 Å². The molecular weight excluding hydrogens is 102 g/mol. The van der Waals surface area contributed by atoms with Gasteiger partial charge < -0.3 is 4.90 Å². The van der Waals surface area contributed by atoms with Crippen LogP contribution < -0.4 is 0 Å². The first-order chi connectivity index (χ1) is 3.80. The minimum Gasteiger partial charge on any atom is -0.330 e. The van der Waals surface area contributed by atoms with Crippen LogP contribution >= 0.6 is 0 Å². The second-order valence-corrected chi connectivity index (χ2v) is 1.62. The summed E-state index contributed by atoms with van der Waals surface area (Å²) in [6.07, 6.45) is 1.74. The molecule has 0 fully saturated rings. The van der Waals surface area contributed by atoms with Crippen molar-refractivity contribution in [1.82, 2.24) is 4.90 Å². The highest BCUT2D eigenvalue weighted by Gasteiger charge is 1.95. The van der Waals surface area contributed by atoms with Crippen molar-refractivity contribution in [2.75, 3.05) is 7.05 Å². The predicted octanol–water partition coefficient (Wildman–Crippen LogP) is 0.449. The summed E-state index contributed by atoms with van der Waals surface area (Å²) in [5.41, 5.74) is 0. The molecule has 0 aliphatic carbocycles. The van der Waals surface area contributed by atoms with Crippen LogP contribution in [-0.2, 0) is 0 Å². The molecule has 1 aliphatic heterocycles. The van der Waals surface area contributed by atoms with Crippen LogP contribution in [0.5, 0.6) is 0 Å². The van der Waals surface area contributed by atoms with Crippen LogP contribution in [0.4, 0.5) is 0 Å². The Kier molecular flexibility index (Phi) is 1.14. The topological polar surface area (TPSA) is 28.0 Å². The highest BCUT2D eigenvalue weighted by molar-refractivity contribution is 5.83. The monoisotopic (exact) mass is 109 g/mol. The number of hydrogen-bond donors (Lipinski definition) is 0. The Bertz CT molecular complexity index is 174. The van der Waals surface area contributed by atoms with Crippen molar-refractivity contribution in [3.63, 3.8) is 0 Å². The van der Waals surface area contributed by atoms with Gasteiger partial charge in [0.2, 0.25) is 0 Å². The Morgan fingerprint density at radius 2 is 2.50 bits per heavy atom. The highest BCUT2D eigenvalue weighted by Crippen LogP contribution is 1.90. The molecule has 0 amide bonds. The van der Waals surface area contributed by atoms with Gasteiger partial charge in [-0.05, 0) is 6.92 Å². The molecular formula is C5H7N3. The van der Waals surface area contributed by atoms with Crippen molar-refractivity contribution >= 4 is 11.7 Å². The predicted molar refractivity (Wildman–Crippen MR) is 32.9 cm³/mol. The van der Waals surface area contributed by atoms with E-state index in [9.17, 15) is 0 Å². The summed E-state index contributed by atoms with van der Waals surface area (Å²) in [6, 6.07) is 0. The van der Waals surface area contributed by atoms with E-state index in [0.29, 0.717) is 0 Å². The first-order valence-corrected chi connectivity index (χ1v) is 2.36. The first-order valence-electron chi connectivity index (χ1n) is 2.36. The molecule has 0 aromatic rings. The molecule has 1 rings (SSSR count). The molecule has 1 aliphatic rings. The van der Waals surface area contributed by atoms with Gasteiger partial charge in [0, 0.05) is 12.9 Å². The van der Waals surface area contributed by atoms with Crippen LogP contribution in [0.25, 0.3) is 0 Å². The molecule has 8 heavy (non-hydrogen) atoms. The molecule has 3 heteroatoms. The second kappa shape index (κ2) is 1.80. The van der Waals surface area contributed by atoms with Crippen molar-refractivity contribution < 1.29 is 0 Å². The van der Waals surface area contributed by atoms with Gasteiger partial charge in [0.25, 0.3) is 0 Å². The van der Waals surface area contributed by atoms with Gasteiger partial charge in [0.15, 0.2) is 0 Å². The lowest BCUT2D eigenvalue weighted by atomic mass is 10.6. The fourth-order valence-corrected chi connectivity index (χ4v) is 0.378. The maximum absolute atomic E-state index is 3.74. The lowest BCUT2D eigenvalue weighted by Gasteiger charge is -2.10. The molecule has 0 saturated heterocycles. The van der Waals surface area contributed by atoms with Gasteiger partial charge in [0.1, 0.15) is 5.84 Å². The van der Waals surface area contributed by atoms with Crippen LogP contribution in [0.3, 0.4) is 0 Å². The van der Waals surface area contributed by atoms with Crippen LogP contribution in [-0.4, -0.2) is 23.7 Å². The van der Waals surface area contributed by atoms with E-state index in [2.05, 4.69) is 16.1 Å². The van der Waals surface area contributed by atoms with Crippen LogP contribution in [0.2, 0.25) is 0 Å². The summed E-state index contributed by atoms with van der Waals surface area (Å²) in [4.78, 5) is 1.85. The second-order valence-electron chi connectivity index (χ2n) is 1.62. The summed E-state index contributed by atoms with van der Waals surface area (Å²) in [6.45, 7) is 1.89. The molecule has 1 heterocycles. The summed E-state index contributed by atoms with van der Waals surface area (Å²) < 4.78 is 0. The van der Waals surface area contributed by atoms with E-state index in [1.54, 1.807) is 6.20 Å². The quantitative estimate of drug-likeness (QED) is 0.444. The maximum Gasteiger partial charge on any atom is 0.129 e. The van der Waals surface area contributed by atoms with Gasteiger partial charge >= 0.3 is 0 Å². The lowest BCUT2D eigenvalue weighted by Crippen LogP contribution is -2.18. The van der Waals surface area contributed by atoms with Crippen molar-refractivity contribution in [3.8, 4) is 0 Å². The van der Waals surface area contributed by atoms with Crippen LogP contribution in [0.15, 0.2) is 16.4 Å². The first kappa shape index (κ1) is 5.06. The Hall–Kier alpha value is -1.08. The van der Waals surface area contributed by atoms with Crippen LogP contribution in [0, 0.1) is 0 Å². The minimum atomic E-state index is 0.892. The van der Waals surface area contributed by atoms with Gasteiger partial charge in [-0.2, -0.15) is 0 Å². The molecule has 0 spiro atoms. The Balaban J connectivity index is 2.86. The van der Waals surface area contributed by atoms with E-state index in [4.69, 9.17) is 0 Å². The molecule has 42 valence electrons. The molecule has 0 N–H and O–H groups in total. The largest absolute Gasteiger partial charge is 0.330 e. The fourth-order valence-electron chi connectivity index (χ4n) is 0.378. The lowest BCUT2D eigenvalue weighted by molar-refractivity contribution is 0.679.